The maximum Gasteiger partial charge on any atom is 0.472 e. The van der Waals surface area contributed by atoms with Crippen LogP contribution in [0.25, 0.3) is 0 Å². The normalized spacial score (nSPS) is 15.1. The SMILES string of the molecule is CCCCCC/C=C\C=C/CCCCCCCC(=O)O[C@H](COC(=O)CCCCCCCCCCC(C)CC)COP(=O)(O)OC[C@@H](O)COP(=O)(O)OC[C@@H](COC(=O)CCCCCCCCC(C)CC)OC(=O)CCCCCCCCC(C)C. The molecular formula is C67H126O17P2. The molecule has 0 rings (SSSR count). The first-order valence-electron chi connectivity index (χ1n) is 34.2. The van der Waals surface area contributed by atoms with Crippen molar-refractivity contribution in [2.45, 2.75) is 324 Å². The third-order valence-electron chi connectivity index (χ3n) is 15.5. The van der Waals surface area contributed by atoms with E-state index in [4.69, 9.17) is 37.0 Å². The van der Waals surface area contributed by atoms with Crippen LogP contribution in [0.1, 0.15) is 305 Å². The quantitative estimate of drug-likeness (QED) is 0.0169. The van der Waals surface area contributed by atoms with Crippen LogP contribution in [0.3, 0.4) is 0 Å². The third-order valence-corrected chi connectivity index (χ3v) is 17.4. The molecule has 7 atom stereocenters. The minimum absolute atomic E-state index is 0.0838. The number of ether oxygens (including phenoxy) is 4. The molecule has 3 N–H and O–H groups in total. The topological polar surface area (TPSA) is 237 Å². The molecule has 0 aliphatic carbocycles. The van der Waals surface area contributed by atoms with Gasteiger partial charge in [0, 0.05) is 25.7 Å². The van der Waals surface area contributed by atoms with Crippen LogP contribution in [-0.2, 0) is 65.4 Å². The Kier molecular flexibility index (Phi) is 56.0. The van der Waals surface area contributed by atoms with Crippen LogP contribution < -0.4 is 0 Å². The van der Waals surface area contributed by atoms with E-state index < -0.39 is 97.5 Å². The van der Waals surface area contributed by atoms with E-state index in [0.29, 0.717) is 31.6 Å². The van der Waals surface area contributed by atoms with Crippen LogP contribution in [0.15, 0.2) is 24.3 Å². The number of unbranched alkanes of at least 4 members (excludes halogenated alkanes) is 26. The van der Waals surface area contributed by atoms with Gasteiger partial charge in [0.2, 0.25) is 0 Å². The van der Waals surface area contributed by atoms with Crippen LogP contribution >= 0.6 is 15.6 Å². The van der Waals surface area contributed by atoms with Crippen molar-refractivity contribution in [3.63, 3.8) is 0 Å². The summed E-state index contributed by atoms with van der Waals surface area (Å²) in [5, 5.41) is 10.5. The number of rotatable bonds is 63. The van der Waals surface area contributed by atoms with E-state index in [9.17, 15) is 43.2 Å². The number of aliphatic hydroxyl groups is 1. The summed E-state index contributed by atoms with van der Waals surface area (Å²) < 4.78 is 68.0. The smallest absolute Gasteiger partial charge is 0.462 e. The molecule has 0 heterocycles. The van der Waals surface area contributed by atoms with E-state index in [1.807, 2.05) is 0 Å². The van der Waals surface area contributed by atoms with Gasteiger partial charge in [-0.25, -0.2) is 9.13 Å². The van der Waals surface area contributed by atoms with E-state index in [1.165, 1.54) is 96.3 Å². The van der Waals surface area contributed by atoms with E-state index >= 15 is 0 Å². The number of phosphoric ester groups is 2. The number of esters is 4. The summed E-state index contributed by atoms with van der Waals surface area (Å²) in [6, 6.07) is 0. The Balaban J connectivity index is 5.29. The van der Waals surface area contributed by atoms with Crippen molar-refractivity contribution in [1.29, 1.82) is 0 Å². The molecule has 0 spiro atoms. The van der Waals surface area contributed by atoms with Crippen molar-refractivity contribution in [2.24, 2.45) is 17.8 Å². The summed E-state index contributed by atoms with van der Waals surface area (Å²) in [6.07, 6.45) is 42.7. The summed E-state index contributed by atoms with van der Waals surface area (Å²) in [6.45, 7) is 11.6. The van der Waals surface area contributed by atoms with Crippen molar-refractivity contribution >= 4 is 39.5 Å². The second-order valence-electron chi connectivity index (χ2n) is 24.5. The van der Waals surface area contributed by atoms with Crippen LogP contribution in [0.5, 0.6) is 0 Å². The Bertz CT molecular complexity index is 1800. The predicted octanol–water partition coefficient (Wildman–Crippen LogP) is 18.2. The average molecular weight is 1270 g/mol. The first-order chi connectivity index (χ1) is 41.3. The van der Waals surface area contributed by atoms with Gasteiger partial charge in [0.15, 0.2) is 12.2 Å². The van der Waals surface area contributed by atoms with Gasteiger partial charge in [0.1, 0.15) is 19.3 Å². The molecule has 86 heavy (non-hydrogen) atoms. The van der Waals surface area contributed by atoms with Crippen molar-refractivity contribution in [3.8, 4) is 0 Å². The number of carbonyl (C=O) groups is 4. The predicted molar refractivity (Wildman–Crippen MR) is 344 cm³/mol. The van der Waals surface area contributed by atoms with Crippen molar-refractivity contribution in [2.75, 3.05) is 39.6 Å². The third kappa shape index (κ3) is 57.9. The Hall–Kier alpha value is -2.46. The molecule has 0 saturated carbocycles. The lowest BCUT2D eigenvalue weighted by Crippen LogP contribution is -2.30. The van der Waals surface area contributed by atoms with Gasteiger partial charge in [-0.15, -0.1) is 0 Å². The zero-order chi connectivity index (χ0) is 63.8. The van der Waals surface area contributed by atoms with Gasteiger partial charge >= 0.3 is 39.5 Å². The summed E-state index contributed by atoms with van der Waals surface area (Å²) in [5.74, 6) is 0.00358. The number of aliphatic hydroxyl groups excluding tert-OH is 1. The lowest BCUT2D eigenvalue weighted by molar-refractivity contribution is -0.161. The monoisotopic (exact) mass is 1260 g/mol. The fraction of sp³-hybridized carbons (Fsp3) is 0.881. The van der Waals surface area contributed by atoms with Gasteiger partial charge in [-0.05, 0) is 69.1 Å². The number of allylic oxidation sites excluding steroid dienone is 4. The van der Waals surface area contributed by atoms with Gasteiger partial charge < -0.3 is 33.8 Å². The lowest BCUT2D eigenvalue weighted by Gasteiger charge is -2.21. The molecule has 0 aromatic heterocycles. The minimum atomic E-state index is -4.96. The van der Waals surface area contributed by atoms with E-state index in [1.54, 1.807) is 0 Å². The number of carbonyl (C=O) groups excluding carboxylic acids is 4. The second-order valence-corrected chi connectivity index (χ2v) is 27.4. The molecule has 17 nitrogen and oxygen atoms in total. The molecule has 0 amide bonds. The largest absolute Gasteiger partial charge is 0.472 e. The molecule has 0 bridgehead atoms. The Morgan fingerprint density at radius 2 is 0.686 bits per heavy atom. The highest BCUT2D eigenvalue weighted by Gasteiger charge is 2.30. The highest BCUT2D eigenvalue weighted by atomic mass is 31.2. The Morgan fingerprint density at radius 1 is 0.384 bits per heavy atom. The van der Waals surface area contributed by atoms with Crippen LogP contribution in [0.2, 0.25) is 0 Å². The molecule has 0 saturated heterocycles. The Morgan fingerprint density at radius 3 is 1.03 bits per heavy atom. The lowest BCUT2D eigenvalue weighted by atomic mass is 9.99. The van der Waals surface area contributed by atoms with Crippen molar-refractivity contribution in [3.05, 3.63) is 24.3 Å². The van der Waals surface area contributed by atoms with Crippen molar-refractivity contribution < 1.29 is 80.2 Å². The van der Waals surface area contributed by atoms with Crippen LogP contribution in [-0.4, -0.2) is 96.7 Å². The molecule has 0 aromatic rings. The molecule has 4 unspecified atom stereocenters. The fourth-order valence-electron chi connectivity index (χ4n) is 9.41. The highest BCUT2D eigenvalue weighted by Crippen LogP contribution is 2.45. The first-order valence-corrected chi connectivity index (χ1v) is 37.2. The van der Waals surface area contributed by atoms with Crippen LogP contribution in [0.4, 0.5) is 0 Å². The first kappa shape index (κ1) is 83.5. The van der Waals surface area contributed by atoms with E-state index in [0.717, 1.165) is 121 Å². The minimum Gasteiger partial charge on any atom is -0.462 e. The molecule has 0 aromatic carbocycles. The molecular weight excluding hydrogens is 1140 g/mol. The van der Waals surface area contributed by atoms with Gasteiger partial charge in [-0.3, -0.25) is 37.3 Å². The van der Waals surface area contributed by atoms with Crippen LogP contribution in [0, 0.1) is 17.8 Å². The molecule has 0 aliphatic heterocycles. The van der Waals surface area contributed by atoms with Crippen molar-refractivity contribution in [1.82, 2.24) is 0 Å². The summed E-state index contributed by atoms with van der Waals surface area (Å²) in [4.78, 5) is 72.3. The zero-order valence-corrected chi connectivity index (χ0v) is 57.0. The molecule has 19 heteroatoms. The summed E-state index contributed by atoms with van der Waals surface area (Å²) >= 11 is 0. The Labute approximate surface area is 522 Å². The molecule has 0 aliphatic rings. The van der Waals surface area contributed by atoms with E-state index in [2.05, 4.69) is 72.8 Å². The number of phosphoric acid groups is 2. The number of hydrogen-bond donors (Lipinski definition) is 3. The zero-order valence-electron chi connectivity index (χ0n) is 55.3. The van der Waals surface area contributed by atoms with E-state index in [-0.39, 0.29) is 25.7 Å². The maximum absolute atomic E-state index is 13.0. The summed E-state index contributed by atoms with van der Waals surface area (Å²) in [5.41, 5.74) is 0. The summed E-state index contributed by atoms with van der Waals surface area (Å²) in [7, 11) is -9.91. The highest BCUT2D eigenvalue weighted by molar-refractivity contribution is 7.47. The molecule has 506 valence electrons. The van der Waals surface area contributed by atoms with Gasteiger partial charge in [-0.2, -0.15) is 0 Å². The van der Waals surface area contributed by atoms with Gasteiger partial charge in [-0.1, -0.05) is 253 Å². The second kappa shape index (κ2) is 57.7. The van der Waals surface area contributed by atoms with Gasteiger partial charge in [0.25, 0.3) is 0 Å². The maximum atomic E-state index is 13.0. The molecule has 0 radical (unpaired) electrons. The standard InChI is InChI=1S/C67H126O17P2/c1-8-11-12-13-14-15-16-17-18-19-20-21-26-36-43-50-66(71)83-62(54-77-64(69)48-41-34-25-23-22-24-32-39-46-59(6)9-2)56-81-85(73,74)79-52-61(68)53-80-86(75,76)82-57-63(84-67(72)51-44-37-29-27-31-38-45-58(4)5)55-78-65(70)49-42-35-30-28-33-40-47-60(7)10-3/h15-18,58-63,68H,8-14,19-57H2,1-7H3,(H,73,74)(H,75,76)/b16-15-,18-17-/t59?,60?,61-,62-,63-/m1/s1. The number of hydrogen-bond acceptors (Lipinski definition) is 15. The van der Waals surface area contributed by atoms with Gasteiger partial charge in [0.05, 0.1) is 26.4 Å². The fourth-order valence-corrected chi connectivity index (χ4v) is 11.0. The average Bonchev–Trinajstić information content (AvgIpc) is 3.70. The molecule has 0 fully saturated rings.